The summed E-state index contributed by atoms with van der Waals surface area (Å²) >= 11 is 12.6. The molecule has 0 aliphatic heterocycles. The highest BCUT2D eigenvalue weighted by Gasteiger charge is 2.14. The van der Waals surface area contributed by atoms with Gasteiger partial charge in [-0.2, -0.15) is 0 Å². The first-order valence-corrected chi connectivity index (χ1v) is 8.07. The molecule has 2 aromatic carbocycles. The fourth-order valence-electron chi connectivity index (χ4n) is 2.60. The lowest BCUT2D eigenvalue weighted by Gasteiger charge is -2.20. The first-order valence-electron chi connectivity index (χ1n) is 7.32. The quantitative estimate of drug-likeness (QED) is 0.783. The molecule has 0 heterocycles. The predicted molar refractivity (Wildman–Crippen MR) is 92.5 cm³/mol. The van der Waals surface area contributed by atoms with Crippen LogP contribution < -0.4 is 5.32 Å². The van der Waals surface area contributed by atoms with E-state index in [1.54, 1.807) is 0 Å². The first-order chi connectivity index (χ1) is 10.1. The van der Waals surface area contributed by atoms with Crippen LogP contribution in [0.2, 0.25) is 10.0 Å². The van der Waals surface area contributed by atoms with Crippen molar-refractivity contribution < 1.29 is 0 Å². The van der Waals surface area contributed by atoms with E-state index in [9.17, 15) is 0 Å². The standard InChI is InChI=1S/C18H21Cl2N/c1-3-21-15(11-14-7-4-6-13(2)10-14)12-16-17(19)8-5-9-18(16)20/h4-10,15,21H,3,11-12H2,1-2H3. The van der Waals surface area contributed by atoms with Gasteiger partial charge >= 0.3 is 0 Å². The Morgan fingerprint density at radius 3 is 2.29 bits per heavy atom. The van der Waals surface area contributed by atoms with E-state index in [4.69, 9.17) is 23.2 Å². The van der Waals surface area contributed by atoms with E-state index in [0.29, 0.717) is 6.04 Å². The molecule has 0 saturated heterocycles. The molecular formula is C18H21Cl2N. The van der Waals surface area contributed by atoms with Crippen molar-refractivity contribution in [3.63, 3.8) is 0 Å². The summed E-state index contributed by atoms with van der Waals surface area (Å²) in [4.78, 5) is 0. The molecule has 112 valence electrons. The number of aryl methyl sites for hydroxylation is 1. The summed E-state index contributed by atoms with van der Waals surface area (Å²) in [6.07, 6.45) is 1.80. The molecule has 0 bridgehead atoms. The second kappa shape index (κ2) is 7.84. The van der Waals surface area contributed by atoms with E-state index >= 15 is 0 Å². The third-order valence-corrected chi connectivity index (χ3v) is 4.28. The fraction of sp³-hybridized carbons (Fsp3) is 0.333. The maximum Gasteiger partial charge on any atom is 0.0453 e. The van der Waals surface area contributed by atoms with Gasteiger partial charge in [0.25, 0.3) is 0 Å². The van der Waals surface area contributed by atoms with Gasteiger partial charge in [0, 0.05) is 16.1 Å². The molecule has 2 rings (SSSR count). The van der Waals surface area contributed by atoms with Crippen molar-refractivity contribution in [3.8, 4) is 0 Å². The minimum Gasteiger partial charge on any atom is -0.314 e. The highest BCUT2D eigenvalue weighted by Crippen LogP contribution is 2.26. The highest BCUT2D eigenvalue weighted by atomic mass is 35.5. The average Bonchev–Trinajstić information content (AvgIpc) is 2.43. The largest absolute Gasteiger partial charge is 0.314 e. The molecule has 0 amide bonds. The second-order valence-electron chi connectivity index (χ2n) is 5.35. The number of likely N-dealkylation sites (N-methyl/N-ethyl adjacent to an activating group) is 1. The van der Waals surface area contributed by atoms with Gasteiger partial charge < -0.3 is 5.32 Å². The Morgan fingerprint density at radius 1 is 1.00 bits per heavy atom. The Morgan fingerprint density at radius 2 is 1.67 bits per heavy atom. The Hall–Kier alpha value is -1.02. The molecule has 1 nitrogen and oxygen atoms in total. The molecule has 1 atom stereocenters. The number of hydrogen-bond donors (Lipinski definition) is 1. The molecule has 0 saturated carbocycles. The van der Waals surface area contributed by atoms with E-state index in [-0.39, 0.29) is 0 Å². The fourth-order valence-corrected chi connectivity index (χ4v) is 3.15. The molecule has 3 heteroatoms. The third kappa shape index (κ3) is 4.74. The summed E-state index contributed by atoms with van der Waals surface area (Å²) in [5, 5.41) is 5.03. The molecule has 0 aliphatic rings. The maximum absolute atomic E-state index is 6.29. The number of rotatable bonds is 6. The molecule has 0 radical (unpaired) electrons. The monoisotopic (exact) mass is 321 g/mol. The van der Waals surface area contributed by atoms with Crippen molar-refractivity contribution in [2.75, 3.05) is 6.54 Å². The minimum absolute atomic E-state index is 0.328. The van der Waals surface area contributed by atoms with E-state index in [2.05, 4.69) is 43.4 Å². The Balaban J connectivity index is 2.16. The molecular weight excluding hydrogens is 301 g/mol. The summed E-state index contributed by atoms with van der Waals surface area (Å²) in [6, 6.07) is 14.7. The summed E-state index contributed by atoms with van der Waals surface area (Å²) < 4.78 is 0. The van der Waals surface area contributed by atoms with E-state index in [1.807, 2.05) is 18.2 Å². The van der Waals surface area contributed by atoms with Crippen molar-refractivity contribution in [1.82, 2.24) is 5.32 Å². The highest BCUT2D eigenvalue weighted by molar-refractivity contribution is 6.36. The van der Waals surface area contributed by atoms with E-state index in [0.717, 1.165) is 35.0 Å². The summed E-state index contributed by atoms with van der Waals surface area (Å²) in [6.45, 7) is 5.17. The molecule has 0 spiro atoms. The molecule has 0 aliphatic carbocycles. The van der Waals surface area contributed by atoms with Gasteiger partial charge in [0.05, 0.1) is 0 Å². The maximum atomic E-state index is 6.29. The zero-order valence-corrected chi connectivity index (χ0v) is 14.0. The molecule has 2 aromatic rings. The van der Waals surface area contributed by atoms with Crippen LogP contribution in [-0.2, 0) is 12.8 Å². The SMILES string of the molecule is CCNC(Cc1cccc(C)c1)Cc1c(Cl)cccc1Cl. The zero-order chi connectivity index (χ0) is 15.2. The Bertz CT molecular complexity index is 575. The van der Waals surface area contributed by atoms with Crippen LogP contribution in [0.3, 0.4) is 0 Å². The molecule has 1 unspecified atom stereocenters. The number of nitrogens with one attached hydrogen (secondary N) is 1. The van der Waals surface area contributed by atoms with E-state index in [1.165, 1.54) is 11.1 Å². The van der Waals surface area contributed by atoms with Crippen LogP contribution in [0, 0.1) is 6.92 Å². The number of hydrogen-bond acceptors (Lipinski definition) is 1. The normalized spacial score (nSPS) is 12.4. The molecule has 0 fully saturated rings. The van der Waals surface area contributed by atoms with Crippen molar-refractivity contribution in [2.45, 2.75) is 32.7 Å². The van der Waals surface area contributed by atoms with Crippen molar-refractivity contribution in [3.05, 3.63) is 69.2 Å². The van der Waals surface area contributed by atoms with Gasteiger partial charge in [0.1, 0.15) is 0 Å². The number of benzene rings is 2. The van der Waals surface area contributed by atoms with Crippen LogP contribution in [0.4, 0.5) is 0 Å². The van der Waals surface area contributed by atoms with Crippen LogP contribution in [0.5, 0.6) is 0 Å². The molecule has 1 N–H and O–H groups in total. The summed E-state index contributed by atoms with van der Waals surface area (Å²) in [5.74, 6) is 0. The zero-order valence-electron chi connectivity index (χ0n) is 12.5. The smallest absolute Gasteiger partial charge is 0.0453 e. The minimum atomic E-state index is 0.328. The molecule has 21 heavy (non-hydrogen) atoms. The van der Waals surface area contributed by atoms with Crippen molar-refractivity contribution >= 4 is 23.2 Å². The van der Waals surface area contributed by atoms with Gasteiger partial charge in [-0.3, -0.25) is 0 Å². The van der Waals surface area contributed by atoms with Gasteiger partial charge in [-0.05, 0) is 49.6 Å². The first kappa shape index (κ1) is 16.4. The lowest BCUT2D eigenvalue weighted by Crippen LogP contribution is -2.33. The van der Waals surface area contributed by atoms with E-state index < -0.39 is 0 Å². The van der Waals surface area contributed by atoms with Crippen LogP contribution >= 0.6 is 23.2 Å². The van der Waals surface area contributed by atoms with Crippen molar-refractivity contribution in [2.24, 2.45) is 0 Å². The lowest BCUT2D eigenvalue weighted by atomic mass is 9.98. The van der Waals surface area contributed by atoms with Crippen LogP contribution in [0.15, 0.2) is 42.5 Å². The van der Waals surface area contributed by atoms with Gasteiger partial charge in [-0.1, -0.05) is 66.0 Å². The summed E-state index contributed by atoms with van der Waals surface area (Å²) in [7, 11) is 0. The topological polar surface area (TPSA) is 12.0 Å². The van der Waals surface area contributed by atoms with Gasteiger partial charge in [-0.15, -0.1) is 0 Å². The van der Waals surface area contributed by atoms with Crippen molar-refractivity contribution in [1.29, 1.82) is 0 Å². The third-order valence-electron chi connectivity index (χ3n) is 3.57. The second-order valence-corrected chi connectivity index (χ2v) is 6.17. The Labute approximate surface area is 137 Å². The van der Waals surface area contributed by atoms with Gasteiger partial charge in [0.15, 0.2) is 0 Å². The Kier molecular flexibility index (Phi) is 6.10. The molecule has 0 aromatic heterocycles. The van der Waals surface area contributed by atoms with Crippen LogP contribution in [0.1, 0.15) is 23.6 Å². The van der Waals surface area contributed by atoms with Crippen LogP contribution in [-0.4, -0.2) is 12.6 Å². The predicted octanol–water partition coefficient (Wildman–Crippen LogP) is 5.07. The van der Waals surface area contributed by atoms with Crippen LogP contribution in [0.25, 0.3) is 0 Å². The van der Waals surface area contributed by atoms with Gasteiger partial charge in [-0.25, -0.2) is 0 Å². The average molecular weight is 322 g/mol. The summed E-state index contributed by atoms with van der Waals surface area (Å²) in [5.41, 5.74) is 3.65. The number of halogens is 2. The lowest BCUT2D eigenvalue weighted by molar-refractivity contribution is 0.521. The van der Waals surface area contributed by atoms with Gasteiger partial charge in [0.2, 0.25) is 0 Å².